The van der Waals surface area contributed by atoms with E-state index >= 15 is 0 Å². The average molecular weight is 367 g/mol. The van der Waals surface area contributed by atoms with Crippen molar-refractivity contribution < 1.29 is 14.2 Å². The number of ether oxygens (including phenoxy) is 1. The van der Waals surface area contributed by atoms with Crippen LogP contribution in [0.5, 0.6) is 11.6 Å². The SMILES string of the molecule is Oc1cc(-n2ccnc2)ccc1-c1ccc(O[C@H]2C3CNC(C3)[C@@H]2F)nn1. The second-order valence-electron chi connectivity index (χ2n) is 6.97. The number of alkyl halides is 1. The average Bonchev–Trinajstić information content (AvgIpc) is 3.42. The Hall–Kier alpha value is -3.00. The van der Waals surface area contributed by atoms with Crippen LogP contribution in [-0.2, 0) is 0 Å². The molecule has 2 bridgehead atoms. The summed E-state index contributed by atoms with van der Waals surface area (Å²) in [5, 5.41) is 21.7. The summed E-state index contributed by atoms with van der Waals surface area (Å²) in [5.74, 6) is 0.562. The van der Waals surface area contributed by atoms with Crippen LogP contribution < -0.4 is 10.1 Å². The lowest BCUT2D eigenvalue weighted by atomic mass is 10.1. The van der Waals surface area contributed by atoms with Gasteiger partial charge in [-0.25, -0.2) is 9.37 Å². The molecule has 1 aromatic carbocycles. The molecule has 0 spiro atoms. The van der Waals surface area contributed by atoms with Gasteiger partial charge in [-0.2, -0.15) is 0 Å². The standard InChI is InChI=1S/C19H18FN5O2/c20-18-15-7-11(9-22-15)19(18)27-17-4-3-14(23-24-17)13-2-1-12(8-16(13)26)25-6-5-21-10-25/h1-6,8,10-11,15,18-19,22,26H,7,9H2/t11?,15?,18-,19-/m0/s1. The molecule has 0 amide bonds. The highest BCUT2D eigenvalue weighted by Crippen LogP contribution is 2.36. The van der Waals surface area contributed by atoms with Crippen molar-refractivity contribution in [3.05, 3.63) is 49.1 Å². The predicted molar refractivity (Wildman–Crippen MR) is 95.5 cm³/mol. The number of nitrogens with zero attached hydrogens (tertiary/aromatic N) is 4. The first-order valence-corrected chi connectivity index (χ1v) is 8.88. The zero-order chi connectivity index (χ0) is 18.4. The Morgan fingerprint density at radius 2 is 2.15 bits per heavy atom. The van der Waals surface area contributed by atoms with Crippen molar-refractivity contribution in [3.63, 3.8) is 0 Å². The van der Waals surface area contributed by atoms with Crippen molar-refractivity contribution >= 4 is 0 Å². The lowest BCUT2D eigenvalue weighted by Gasteiger charge is -2.26. The highest BCUT2D eigenvalue weighted by molar-refractivity contribution is 5.68. The third-order valence-corrected chi connectivity index (χ3v) is 5.32. The van der Waals surface area contributed by atoms with Gasteiger partial charge in [-0.3, -0.25) is 0 Å². The van der Waals surface area contributed by atoms with Crippen LogP contribution in [0.1, 0.15) is 6.42 Å². The van der Waals surface area contributed by atoms with Gasteiger partial charge >= 0.3 is 0 Å². The largest absolute Gasteiger partial charge is 0.507 e. The number of hydrogen-bond acceptors (Lipinski definition) is 6. The van der Waals surface area contributed by atoms with Crippen LogP contribution in [0.15, 0.2) is 49.1 Å². The summed E-state index contributed by atoms with van der Waals surface area (Å²) in [4.78, 5) is 3.99. The Kier molecular flexibility index (Phi) is 3.78. The van der Waals surface area contributed by atoms with Crippen molar-refractivity contribution in [1.82, 2.24) is 25.1 Å². The Balaban J connectivity index is 1.34. The van der Waals surface area contributed by atoms with E-state index in [1.165, 1.54) is 0 Å². The number of halogens is 1. The van der Waals surface area contributed by atoms with Gasteiger partial charge < -0.3 is 19.7 Å². The Labute approximate surface area is 154 Å². The number of hydrogen-bond donors (Lipinski definition) is 2. The quantitative estimate of drug-likeness (QED) is 0.735. The summed E-state index contributed by atoms with van der Waals surface area (Å²) in [6.07, 6.45) is 4.43. The summed E-state index contributed by atoms with van der Waals surface area (Å²) in [6.45, 7) is 0.776. The number of fused-ring (bicyclic) bond motifs is 2. The molecule has 8 heteroatoms. The fourth-order valence-corrected chi connectivity index (χ4v) is 3.91. The van der Waals surface area contributed by atoms with Crippen LogP contribution in [0, 0.1) is 5.92 Å². The van der Waals surface area contributed by atoms with E-state index in [-0.39, 0.29) is 17.7 Å². The second kappa shape index (κ2) is 6.31. The first-order valence-electron chi connectivity index (χ1n) is 8.88. The molecule has 4 atom stereocenters. The first-order chi connectivity index (χ1) is 13.2. The van der Waals surface area contributed by atoms with Gasteiger partial charge in [0.05, 0.1) is 17.7 Å². The molecule has 5 rings (SSSR count). The second-order valence-corrected chi connectivity index (χ2v) is 6.97. The van der Waals surface area contributed by atoms with Gasteiger partial charge in [0.1, 0.15) is 11.9 Å². The third-order valence-electron chi connectivity index (χ3n) is 5.32. The molecule has 7 nitrogen and oxygen atoms in total. The van der Waals surface area contributed by atoms with E-state index in [1.807, 2.05) is 6.07 Å². The van der Waals surface area contributed by atoms with Gasteiger partial charge in [0, 0.05) is 48.6 Å². The molecule has 3 aromatic rings. The molecule has 0 radical (unpaired) electrons. The topological polar surface area (TPSA) is 85.1 Å². The molecule has 1 aliphatic carbocycles. The molecule has 2 N–H and O–H groups in total. The number of piperidine rings is 1. The van der Waals surface area contributed by atoms with Crippen LogP contribution in [0.25, 0.3) is 16.9 Å². The number of phenols is 1. The summed E-state index contributed by atoms with van der Waals surface area (Å²) >= 11 is 0. The van der Waals surface area contributed by atoms with Gasteiger partial charge in [-0.15, -0.1) is 10.2 Å². The highest BCUT2D eigenvalue weighted by Gasteiger charge is 2.50. The van der Waals surface area contributed by atoms with Gasteiger partial charge in [0.25, 0.3) is 0 Å². The zero-order valence-electron chi connectivity index (χ0n) is 14.4. The Morgan fingerprint density at radius 3 is 2.81 bits per heavy atom. The summed E-state index contributed by atoms with van der Waals surface area (Å²) in [6, 6.07) is 8.54. The monoisotopic (exact) mass is 367 g/mol. The number of imidazole rings is 1. The van der Waals surface area contributed by atoms with Crippen molar-refractivity contribution in [2.24, 2.45) is 5.92 Å². The normalized spacial score (nSPS) is 26.4. The van der Waals surface area contributed by atoms with Gasteiger partial charge in [-0.1, -0.05) is 0 Å². The Bertz CT molecular complexity index is 945. The minimum absolute atomic E-state index is 0.0900. The van der Waals surface area contributed by atoms with Gasteiger partial charge in [0.2, 0.25) is 5.88 Å². The number of rotatable bonds is 4. The number of aromatic nitrogens is 4. The molecule has 1 aliphatic heterocycles. The number of aromatic hydroxyl groups is 1. The molecule has 1 saturated heterocycles. The summed E-state index contributed by atoms with van der Waals surface area (Å²) in [5.41, 5.74) is 1.87. The summed E-state index contributed by atoms with van der Waals surface area (Å²) < 4.78 is 21.8. The molecular weight excluding hydrogens is 349 g/mol. The van der Waals surface area contributed by atoms with E-state index in [1.54, 1.807) is 47.6 Å². The molecular formula is C19H18FN5O2. The molecule has 3 heterocycles. The zero-order valence-corrected chi connectivity index (χ0v) is 14.4. The third kappa shape index (κ3) is 2.82. The highest BCUT2D eigenvalue weighted by atomic mass is 19.1. The van der Waals surface area contributed by atoms with E-state index < -0.39 is 12.3 Å². The Morgan fingerprint density at radius 1 is 1.22 bits per heavy atom. The first kappa shape index (κ1) is 16.2. The van der Waals surface area contributed by atoms with Crippen LogP contribution in [-0.4, -0.2) is 49.7 Å². The van der Waals surface area contributed by atoms with Crippen molar-refractivity contribution in [1.29, 1.82) is 0 Å². The van der Waals surface area contributed by atoms with Crippen LogP contribution in [0.3, 0.4) is 0 Å². The summed E-state index contributed by atoms with van der Waals surface area (Å²) in [7, 11) is 0. The van der Waals surface area contributed by atoms with E-state index in [9.17, 15) is 9.50 Å². The maximum Gasteiger partial charge on any atom is 0.233 e. The van der Waals surface area contributed by atoms with E-state index in [2.05, 4.69) is 20.5 Å². The van der Waals surface area contributed by atoms with E-state index in [0.717, 1.165) is 18.7 Å². The molecule has 2 fully saturated rings. The maximum atomic E-state index is 14.2. The molecule has 2 aliphatic rings. The molecule has 138 valence electrons. The predicted octanol–water partition coefficient (Wildman–Crippen LogP) is 2.11. The fourth-order valence-electron chi connectivity index (χ4n) is 3.91. The molecule has 2 unspecified atom stereocenters. The number of phenolic OH excluding ortho intramolecular Hbond substituents is 1. The van der Waals surface area contributed by atoms with Crippen LogP contribution in [0.2, 0.25) is 0 Å². The smallest absolute Gasteiger partial charge is 0.233 e. The van der Waals surface area contributed by atoms with Gasteiger partial charge in [0.15, 0.2) is 6.17 Å². The van der Waals surface area contributed by atoms with Crippen LogP contribution >= 0.6 is 0 Å². The minimum atomic E-state index is -1.02. The maximum absolute atomic E-state index is 14.2. The van der Waals surface area contributed by atoms with Gasteiger partial charge in [-0.05, 0) is 24.6 Å². The van der Waals surface area contributed by atoms with Crippen LogP contribution in [0.4, 0.5) is 4.39 Å². The van der Waals surface area contributed by atoms with E-state index in [0.29, 0.717) is 17.1 Å². The number of nitrogens with one attached hydrogen (secondary N) is 1. The van der Waals surface area contributed by atoms with Crippen molar-refractivity contribution in [2.45, 2.75) is 24.7 Å². The lowest BCUT2D eigenvalue weighted by Crippen LogP contribution is -2.46. The molecule has 2 aromatic heterocycles. The van der Waals surface area contributed by atoms with E-state index in [4.69, 9.17) is 4.74 Å². The number of benzene rings is 1. The lowest BCUT2D eigenvalue weighted by molar-refractivity contribution is 0.0615. The minimum Gasteiger partial charge on any atom is -0.507 e. The molecule has 27 heavy (non-hydrogen) atoms. The van der Waals surface area contributed by atoms with Crippen molar-refractivity contribution in [2.75, 3.05) is 6.54 Å². The van der Waals surface area contributed by atoms with Crippen molar-refractivity contribution in [3.8, 4) is 28.6 Å². The fraction of sp³-hybridized carbons (Fsp3) is 0.316. The molecule has 1 saturated carbocycles.